The lowest BCUT2D eigenvalue weighted by atomic mass is 9.74. The number of rotatable bonds is 6. The zero-order valence-corrected chi connectivity index (χ0v) is 19.0. The highest BCUT2D eigenvalue weighted by molar-refractivity contribution is 7.13. The quantitative estimate of drug-likeness (QED) is 0.451. The number of benzene rings is 2. The number of aldehydes is 1. The number of nitrogens with zero attached hydrogens (tertiary/aromatic N) is 2. The van der Waals surface area contributed by atoms with Crippen molar-refractivity contribution in [2.24, 2.45) is 11.3 Å². The van der Waals surface area contributed by atoms with Crippen molar-refractivity contribution in [3.8, 4) is 0 Å². The highest BCUT2D eigenvalue weighted by Gasteiger charge is 2.48. The van der Waals surface area contributed by atoms with Crippen LogP contribution in [0.1, 0.15) is 31.3 Å². The molecule has 0 saturated carbocycles. The number of carbonyl (C=O) groups excluding carboxylic acids is 1. The van der Waals surface area contributed by atoms with E-state index in [1.54, 1.807) is 0 Å². The molecule has 2 unspecified atom stereocenters. The number of thiazole rings is 1. The monoisotopic (exact) mass is 422 g/mol. The number of hydrogen-bond donors (Lipinski definition) is 0. The lowest BCUT2D eigenvalue weighted by Gasteiger charge is -2.54. The molecule has 0 bridgehead atoms. The summed E-state index contributed by atoms with van der Waals surface area (Å²) in [6.07, 6.45) is 0.764. The predicted molar refractivity (Wildman–Crippen MR) is 122 cm³/mol. The van der Waals surface area contributed by atoms with Gasteiger partial charge in [-0.2, -0.15) is 0 Å². The molecular weight excluding hydrogens is 396 g/mol. The van der Waals surface area contributed by atoms with Gasteiger partial charge in [0.1, 0.15) is 11.9 Å². The van der Waals surface area contributed by atoms with Crippen molar-refractivity contribution in [1.29, 1.82) is 0 Å². The van der Waals surface area contributed by atoms with Gasteiger partial charge < -0.3 is 9.33 Å². The van der Waals surface area contributed by atoms with Crippen LogP contribution in [0.5, 0.6) is 0 Å². The number of aromatic nitrogens is 1. The second-order valence-corrected chi connectivity index (χ2v) is 11.7. The van der Waals surface area contributed by atoms with Gasteiger partial charge in [0.15, 0.2) is 11.4 Å². The first-order valence-electron chi connectivity index (χ1n) is 9.90. The van der Waals surface area contributed by atoms with Crippen LogP contribution in [0.25, 0.3) is 0 Å². The minimum Gasteiger partial charge on any atom is -0.391 e. The summed E-state index contributed by atoms with van der Waals surface area (Å²) in [5, 5.41) is 5.22. The fourth-order valence-corrected chi connectivity index (χ4v) is 7.01. The van der Waals surface area contributed by atoms with Crippen LogP contribution in [0, 0.1) is 11.3 Å². The van der Waals surface area contributed by atoms with Crippen molar-refractivity contribution in [1.82, 2.24) is 4.98 Å². The van der Waals surface area contributed by atoms with Gasteiger partial charge in [-0.3, -0.25) is 4.79 Å². The largest absolute Gasteiger partial charge is 0.391 e. The topological polar surface area (TPSA) is 42.4 Å². The van der Waals surface area contributed by atoms with E-state index in [0.29, 0.717) is 11.6 Å². The molecule has 2 heterocycles. The summed E-state index contributed by atoms with van der Waals surface area (Å²) in [5.41, 5.74) is 0.612. The van der Waals surface area contributed by atoms with Crippen LogP contribution in [-0.2, 0) is 4.43 Å². The van der Waals surface area contributed by atoms with E-state index in [1.165, 1.54) is 21.7 Å². The molecule has 0 N–H and O–H groups in total. The fourth-order valence-electron chi connectivity index (χ4n) is 3.75. The Morgan fingerprint density at radius 3 is 2.14 bits per heavy atom. The third kappa shape index (κ3) is 4.20. The highest BCUT2D eigenvalue weighted by atomic mass is 32.1. The normalized spacial score (nSPS) is 19.2. The van der Waals surface area contributed by atoms with E-state index in [-0.39, 0.29) is 11.6 Å². The van der Waals surface area contributed by atoms with E-state index < -0.39 is 9.04 Å². The molecule has 6 heteroatoms. The Morgan fingerprint density at radius 2 is 1.66 bits per heavy atom. The van der Waals surface area contributed by atoms with Crippen molar-refractivity contribution in [3.63, 3.8) is 0 Å². The molecule has 150 valence electrons. The van der Waals surface area contributed by atoms with Crippen molar-refractivity contribution >= 4 is 42.2 Å². The van der Waals surface area contributed by atoms with Gasteiger partial charge in [0.25, 0.3) is 0 Å². The van der Waals surface area contributed by atoms with Crippen molar-refractivity contribution in [3.05, 3.63) is 71.7 Å². The Balaban J connectivity index is 1.67. The van der Waals surface area contributed by atoms with Crippen LogP contribution in [0.2, 0.25) is 0 Å². The Hall–Kier alpha value is -2.28. The maximum atomic E-state index is 11.1. The molecule has 1 aliphatic heterocycles. The van der Waals surface area contributed by atoms with Gasteiger partial charge in [0, 0.05) is 17.8 Å². The van der Waals surface area contributed by atoms with E-state index in [0.717, 1.165) is 18.0 Å². The van der Waals surface area contributed by atoms with Gasteiger partial charge >= 0.3 is 0 Å². The standard InChI is InChI=1S/C23H26N2O2SSi/c1-23(2,3)20-14-25(22-24-17(15-26)16-28-22)21(20)27-29(18-10-6-4-7-11-18)19-12-8-5-9-13-19/h4-13,15-16,20-21,29H,14H2,1-3H3. The molecular formula is C23H26N2O2SSi. The molecule has 1 aromatic heterocycles. The third-order valence-electron chi connectivity index (χ3n) is 5.51. The van der Waals surface area contributed by atoms with Crippen LogP contribution in [0.15, 0.2) is 66.0 Å². The molecule has 0 aliphatic carbocycles. The van der Waals surface area contributed by atoms with Crippen LogP contribution in [0.4, 0.5) is 5.13 Å². The Bertz CT molecular complexity index is 916. The van der Waals surface area contributed by atoms with Crippen LogP contribution in [0.3, 0.4) is 0 Å². The van der Waals surface area contributed by atoms with E-state index >= 15 is 0 Å². The van der Waals surface area contributed by atoms with Crippen molar-refractivity contribution < 1.29 is 9.22 Å². The molecule has 1 aliphatic rings. The molecule has 2 atom stereocenters. The average molecular weight is 423 g/mol. The Kier molecular flexibility index (Phi) is 5.67. The van der Waals surface area contributed by atoms with Gasteiger partial charge in [0.2, 0.25) is 9.04 Å². The van der Waals surface area contributed by atoms with Gasteiger partial charge in [0.05, 0.1) is 0 Å². The van der Waals surface area contributed by atoms with Crippen LogP contribution in [-0.4, -0.2) is 33.1 Å². The zero-order chi connectivity index (χ0) is 20.4. The molecule has 29 heavy (non-hydrogen) atoms. The molecule has 3 aromatic rings. The van der Waals surface area contributed by atoms with E-state index in [2.05, 4.69) is 79.2 Å². The number of hydrogen-bond acceptors (Lipinski definition) is 5. The van der Waals surface area contributed by atoms with Crippen LogP contribution >= 0.6 is 11.3 Å². The van der Waals surface area contributed by atoms with Crippen molar-refractivity contribution in [2.45, 2.75) is 27.0 Å². The molecule has 1 saturated heterocycles. The van der Waals surface area contributed by atoms with Crippen molar-refractivity contribution in [2.75, 3.05) is 11.4 Å². The summed E-state index contributed by atoms with van der Waals surface area (Å²) >= 11 is 1.51. The maximum absolute atomic E-state index is 11.1. The molecule has 2 aromatic carbocycles. The summed E-state index contributed by atoms with van der Waals surface area (Å²) in [5.74, 6) is 0.397. The zero-order valence-electron chi connectivity index (χ0n) is 17.0. The molecule has 4 nitrogen and oxygen atoms in total. The summed E-state index contributed by atoms with van der Waals surface area (Å²) in [7, 11) is -1.88. The van der Waals surface area contributed by atoms with Crippen LogP contribution < -0.4 is 15.3 Å². The smallest absolute Gasteiger partial charge is 0.242 e. The average Bonchev–Trinajstić information content (AvgIpc) is 3.16. The SMILES string of the molecule is CC(C)(C)C1CN(c2nc(C=O)cs2)C1O[SiH](c1ccccc1)c1ccccc1. The number of carbonyl (C=O) groups is 1. The summed E-state index contributed by atoms with van der Waals surface area (Å²) in [6.45, 7) is 7.70. The Morgan fingerprint density at radius 1 is 1.07 bits per heavy atom. The lowest BCUT2D eigenvalue weighted by Crippen LogP contribution is -2.65. The van der Waals surface area contributed by atoms with Gasteiger partial charge in [-0.05, 0) is 15.8 Å². The first-order chi connectivity index (χ1) is 14.0. The summed E-state index contributed by atoms with van der Waals surface area (Å²) in [4.78, 5) is 17.8. The van der Waals surface area contributed by atoms with E-state index in [4.69, 9.17) is 4.43 Å². The Labute approximate surface area is 177 Å². The summed E-state index contributed by atoms with van der Waals surface area (Å²) < 4.78 is 6.95. The summed E-state index contributed by atoms with van der Waals surface area (Å²) in [6, 6.07) is 21.1. The number of anilines is 1. The van der Waals surface area contributed by atoms with Gasteiger partial charge in [-0.1, -0.05) is 81.4 Å². The maximum Gasteiger partial charge on any atom is 0.242 e. The second-order valence-electron chi connectivity index (χ2n) is 8.53. The second kappa shape index (κ2) is 8.22. The molecule has 4 rings (SSSR count). The minimum atomic E-state index is -1.88. The third-order valence-corrected chi connectivity index (χ3v) is 8.94. The predicted octanol–water partition coefficient (Wildman–Crippen LogP) is 3.32. The minimum absolute atomic E-state index is 0.0438. The molecule has 0 spiro atoms. The first-order valence-corrected chi connectivity index (χ1v) is 12.4. The highest BCUT2D eigenvalue weighted by Crippen LogP contribution is 2.43. The molecule has 0 radical (unpaired) electrons. The van der Waals surface area contributed by atoms with Gasteiger partial charge in [-0.15, -0.1) is 11.3 Å². The lowest BCUT2D eigenvalue weighted by molar-refractivity contribution is 0.00495. The fraction of sp³-hybridized carbons (Fsp3) is 0.304. The molecule has 1 fully saturated rings. The molecule has 0 amide bonds. The first kappa shape index (κ1) is 20.0. The van der Waals surface area contributed by atoms with E-state index in [1.807, 2.05) is 17.5 Å². The van der Waals surface area contributed by atoms with E-state index in [9.17, 15) is 4.79 Å². The van der Waals surface area contributed by atoms with Gasteiger partial charge in [-0.25, -0.2) is 4.98 Å².